The molecule has 0 bridgehead atoms. The first-order chi connectivity index (χ1) is 34.1. The third kappa shape index (κ3) is 14.3. The number of carbonyl (C=O) groups is 4. The summed E-state index contributed by atoms with van der Waals surface area (Å²) in [4.78, 5) is 70.8. The molecule has 4 fully saturated rings. The van der Waals surface area contributed by atoms with Crippen LogP contribution in [-0.2, 0) is 18.9 Å². The molecule has 4 unspecified atom stereocenters. The molecule has 422 valence electrons. The molecule has 4 aliphatic rings. The van der Waals surface area contributed by atoms with Crippen molar-refractivity contribution in [3.05, 3.63) is 34.4 Å². The Balaban J connectivity index is 1.66. The smallest absolute Gasteiger partial charge is 0.339 e. The van der Waals surface area contributed by atoms with Crippen molar-refractivity contribution in [3.8, 4) is 0 Å². The number of esters is 4. The molecule has 1 aromatic rings. The van der Waals surface area contributed by atoms with Crippen LogP contribution in [0.2, 0.25) is 0 Å². The lowest BCUT2D eigenvalue weighted by atomic mass is 9.91. The van der Waals surface area contributed by atoms with Crippen molar-refractivity contribution < 1.29 is 38.1 Å². The normalized spacial score (nSPS) is 27.8. The summed E-state index contributed by atoms with van der Waals surface area (Å²) in [5.41, 5.74) is -2.26. The summed E-state index contributed by atoms with van der Waals surface area (Å²) in [6.45, 7) is 48.1. The monoisotopic (exact) mass is 1030 g/mol. The first-order valence-corrected chi connectivity index (χ1v) is 29.2. The van der Waals surface area contributed by atoms with E-state index in [0.29, 0.717) is 51.4 Å². The molecular formula is C62H106N4O8. The fraction of sp³-hybridized carbons (Fsp3) is 0.839. The molecule has 0 N–H and O–H groups in total. The molecule has 12 heteroatoms. The lowest BCUT2D eigenvalue weighted by Gasteiger charge is -2.47. The first-order valence-electron chi connectivity index (χ1n) is 29.2. The number of hydrogen-bond donors (Lipinski definition) is 0. The molecule has 0 aromatic heterocycles. The Bertz CT molecular complexity index is 1830. The van der Waals surface area contributed by atoms with Crippen molar-refractivity contribution in [3.63, 3.8) is 0 Å². The van der Waals surface area contributed by atoms with E-state index in [1.54, 1.807) is 0 Å². The summed E-state index contributed by atoms with van der Waals surface area (Å²) in [6.07, 6.45) is 10.0. The molecule has 0 aliphatic carbocycles. The Labute approximate surface area is 450 Å². The van der Waals surface area contributed by atoms with E-state index in [0.717, 1.165) is 77.5 Å². The Hall–Kier alpha value is -3.06. The van der Waals surface area contributed by atoms with Crippen molar-refractivity contribution in [1.82, 2.24) is 19.6 Å². The second-order valence-corrected chi connectivity index (χ2v) is 28.1. The van der Waals surface area contributed by atoms with Gasteiger partial charge in [-0.3, -0.25) is 19.6 Å². The number of likely N-dealkylation sites (tertiary alicyclic amines) is 4. The zero-order chi connectivity index (χ0) is 55.6. The SMILES string of the molecule is CCCN1C(C)(C)CCC(OC(=O)c2cc(C(=O)OC3CCC(C)(C)N(CCC)C(C)(C)C3)c(C(=O)OC3CCC(C)(C)N(CCC)C(C)(C)C3)cc2C(=O)OC2CCC(C)(C)N(CCC)C(C)(C)C2)CC1(C)C. The van der Waals surface area contributed by atoms with Crippen LogP contribution in [0.3, 0.4) is 0 Å². The van der Waals surface area contributed by atoms with Gasteiger partial charge in [-0.2, -0.15) is 0 Å². The van der Waals surface area contributed by atoms with E-state index in [-0.39, 0.29) is 66.6 Å². The van der Waals surface area contributed by atoms with Crippen molar-refractivity contribution in [2.75, 3.05) is 26.2 Å². The highest BCUT2D eigenvalue weighted by molar-refractivity contribution is 6.10. The number of ether oxygens (including phenoxy) is 4. The van der Waals surface area contributed by atoms with Gasteiger partial charge in [0, 0.05) is 70.0 Å². The van der Waals surface area contributed by atoms with Gasteiger partial charge in [0.1, 0.15) is 24.4 Å². The minimum Gasteiger partial charge on any atom is -0.459 e. The summed E-state index contributed by atoms with van der Waals surface area (Å²) in [5.74, 6) is -2.94. The summed E-state index contributed by atoms with van der Waals surface area (Å²) in [6, 6.07) is 2.77. The predicted molar refractivity (Wildman–Crippen MR) is 299 cm³/mol. The van der Waals surface area contributed by atoms with Crippen LogP contribution in [0.5, 0.6) is 0 Å². The van der Waals surface area contributed by atoms with Crippen LogP contribution in [0.4, 0.5) is 0 Å². The molecule has 4 heterocycles. The maximum Gasteiger partial charge on any atom is 0.339 e. The van der Waals surface area contributed by atoms with Gasteiger partial charge >= 0.3 is 23.9 Å². The maximum atomic E-state index is 15.2. The summed E-state index contributed by atoms with van der Waals surface area (Å²) < 4.78 is 26.2. The van der Waals surface area contributed by atoms with Crippen molar-refractivity contribution in [1.29, 1.82) is 0 Å². The fourth-order valence-corrected chi connectivity index (χ4v) is 14.8. The second kappa shape index (κ2) is 23.5. The van der Waals surface area contributed by atoms with Crippen LogP contribution in [0.15, 0.2) is 12.1 Å². The van der Waals surface area contributed by atoms with Crippen LogP contribution in [0.1, 0.15) is 283 Å². The van der Waals surface area contributed by atoms with Gasteiger partial charge in [0.2, 0.25) is 0 Å². The molecule has 0 amide bonds. The van der Waals surface area contributed by atoms with Gasteiger partial charge in [-0.05, 0) is 226 Å². The molecule has 0 saturated carbocycles. The minimum absolute atomic E-state index is 0.116. The Kier molecular flexibility index (Phi) is 19.6. The van der Waals surface area contributed by atoms with Crippen LogP contribution in [0, 0.1) is 0 Å². The molecule has 4 aliphatic heterocycles. The van der Waals surface area contributed by atoms with Crippen molar-refractivity contribution in [2.45, 2.75) is 310 Å². The van der Waals surface area contributed by atoms with Crippen LogP contribution in [-0.4, -0.2) is 138 Å². The van der Waals surface area contributed by atoms with Crippen LogP contribution in [0.25, 0.3) is 0 Å². The Morgan fingerprint density at radius 3 is 0.689 bits per heavy atom. The van der Waals surface area contributed by atoms with Crippen LogP contribution >= 0.6 is 0 Å². The molecule has 0 spiro atoms. The predicted octanol–water partition coefficient (Wildman–Crippen LogP) is 13.6. The summed E-state index contributed by atoms with van der Waals surface area (Å²) in [7, 11) is 0. The summed E-state index contributed by atoms with van der Waals surface area (Å²) in [5, 5.41) is 0. The average Bonchev–Trinajstić information content (AvgIpc) is 3.52. The van der Waals surface area contributed by atoms with Gasteiger partial charge in [0.05, 0.1) is 22.3 Å². The minimum atomic E-state index is -0.735. The molecule has 4 saturated heterocycles. The van der Waals surface area contributed by atoms with E-state index in [2.05, 4.69) is 158 Å². The molecule has 74 heavy (non-hydrogen) atoms. The largest absolute Gasteiger partial charge is 0.459 e. The fourth-order valence-electron chi connectivity index (χ4n) is 14.8. The molecule has 0 radical (unpaired) electrons. The van der Waals surface area contributed by atoms with Crippen molar-refractivity contribution in [2.24, 2.45) is 0 Å². The molecule has 1 aromatic carbocycles. The zero-order valence-electron chi connectivity index (χ0n) is 50.7. The quantitative estimate of drug-likeness (QED) is 0.116. The van der Waals surface area contributed by atoms with E-state index < -0.39 is 48.3 Å². The van der Waals surface area contributed by atoms with Gasteiger partial charge in [-0.15, -0.1) is 0 Å². The zero-order valence-corrected chi connectivity index (χ0v) is 50.7. The third-order valence-electron chi connectivity index (χ3n) is 18.0. The summed E-state index contributed by atoms with van der Waals surface area (Å²) >= 11 is 0. The van der Waals surface area contributed by atoms with Gasteiger partial charge in [0.25, 0.3) is 0 Å². The van der Waals surface area contributed by atoms with Crippen LogP contribution < -0.4 is 0 Å². The molecular weight excluding hydrogens is 929 g/mol. The number of carbonyl (C=O) groups excluding carboxylic acids is 4. The van der Waals surface area contributed by atoms with Gasteiger partial charge in [-0.25, -0.2) is 19.2 Å². The van der Waals surface area contributed by atoms with Crippen molar-refractivity contribution >= 4 is 23.9 Å². The van der Waals surface area contributed by atoms with E-state index in [9.17, 15) is 0 Å². The third-order valence-corrected chi connectivity index (χ3v) is 18.0. The first kappa shape index (κ1) is 61.8. The maximum absolute atomic E-state index is 15.2. The Morgan fingerprint density at radius 2 is 0.527 bits per heavy atom. The van der Waals surface area contributed by atoms with Gasteiger partial charge in [0.15, 0.2) is 0 Å². The number of rotatable bonds is 16. The Morgan fingerprint density at radius 1 is 0.351 bits per heavy atom. The number of hydrogen-bond acceptors (Lipinski definition) is 12. The standard InChI is InChI=1S/C62H106N4O8/c1-21-33-63-55(5,6)29-25-43(39-59(63,13)14)71-51(67)47-37-49(53(69)73-45-27-31-57(9,10)65(35-23-3)61(17,18)41-45)50(54(70)74-46-28-32-58(11,12)66(36-24-4)62(19,20)42-46)38-48(47)52(68)72-44-26-30-56(7,8)64(34-22-2)60(15,16)40-44/h37-38,43-46H,21-36,39-42H2,1-20H3. The van der Waals surface area contributed by atoms with Gasteiger partial charge in [-0.1, -0.05) is 27.7 Å². The van der Waals surface area contributed by atoms with E-state index >= 15 is 19.2 Å². The molecule has 12 nitrogen and oxygen atoms in total. The topological polar surface area (TPSA) is 118 Å². The number of nitrogens with zero attached hydrogens (tertiary/aromatic N) is 4. The molecule has 5 rings (SSSR count). The molecule has 4 atom stereocenters. The highest BCUT2D eigenvalue weighted by Gasteiger charge is 2.48. The second-order valence-electron chi connectivity index (χ2n) is 28.1. The van der Waals surface area contributed by atoms with E-state index in [4.69, 9.17) is 18.9 Å². The van der Waals surface area contributed by atoms with E-state index in [1.807, 2.05) is 0 Å². The van der Waals surface area contributed by atoms with Gasteiger partial charge < -0.3 is 18.9 Å². The number of benzene rings is 1. The highest BCUT2D eigenvalue weighted by Crippen LogP contribution is 2.43. The lowest BCUT2D eigenvalue weighted by molar-refractivity contribution is -0.00356. The highest BCUT2D eigenvalue weighted by atomic mass is 16.6. The van der Waals surface area contributed by atoms with E-state index in [1.165, 1.54) is 12.1 Å². The average molecular weight is 1040 g/mol. The lowest BCUT2D eigenvalue weighted by Crippen LogP contribution is -2.55.